The second-order valence-corrected chi connectivity index (χ2v) is 6.04. The van der Waals surface area contributed by atoms with Crippen molar-refractivity contribution in [3.63, 3.8) is 0 Å². The minimum absolute atomic E-state index is 0.0600. The van der Waals surface area contributed by atoms with Crippen LogP contribution in [0.4, 0.5) is 5.69 Å². The summed E-state index contributed by atoms with van der Waals surface area (Å²) >= 11 is 0. The second-order valence-electron chi connectivity index (χ2n) is 6.04. The molecule has 0 fully saturated rings. The molecule has 0 radical (unpaired) electrons. The summed E-state index contributed by atoms with van der Waals surface area (Å²) in [5.74, 6) is 0.967. The zero-order valence-corrected chi connectivity index (χ0v) is 15.9. The maximum absolute atomic E-state index is 12.2. The van der Waals surface area contributed by atoms with Crippen LogP contribution in [0.15, 0.2) is 18.2 Å². The molecule has 1 amide bonds. The van der Waals surface area contributed by atoms with Gasteiger partial charge in [0.2, 0.25) is 5.91 Å². The molecule has 0 unspecified atom stereocenters. The molecule has 1 N–H and O–H groups in total. The Morgan fingerprint density at radius 2 is 2.07 bits per heavy atom. The minimum atomic E-state index is -0.486. The lowest BCUT2D eigenvalue weighted by Crippen LogP contribution is -2.28. The molecule has 9 heteroatoms. The summed E-state index contributed by atoms with van der Waals surface area (Å²) in [4.78, 5) is 22.7. The van der Waals surface area contributed by atoms with E-state index in [0.717, 1.165) is 12.0 Å². The third kappa shape index (κ3) is 4.96. The van der Waals surface area contributed by atoms with Crippen molar-refractivity contribution in [1.29, 1.82) is 0 Å². The van der Waals surface area contributed by atoms with Crippen molar-refractivity contribution in [2.45, 2.75) is 40.3 Å². The first-order valence-electron chi connectivity index (χ1n) is 8.62. The number of carbonyl (C=O) groups is 1. The number of benzene rings is 1. The fourth-order valence-corrected chi connectivity index (χ4v) is 2.65. The first kappa shape index (κ1) is 20.2. The summed E-state index contributed by atoms with van der Waals surface area (Å²) in [7, 11) is 1.56. The number of carbonyl (C=O) groups excluding carboxylic acids is 1. The van der Waals surface area contributed by atoms with Crippen molar-refractivity contribution in [3.05, 3.63) is 45.3 Å². The first-order chi connectivity index (χ1) is 12.9. The number of nitrogens with zero attached hydrogens (tertiary/aromatic N) is 3. The van der Waals surface area contributed by atoms with Crippen LogP contribution >= 0.6 is 0 Å². The molecule has 0 atom stereocenters. The van der Waals surface area contributed by atoms with Gasteiger partial charge in [0.25, 0.3) is 0 Å². The standard InChI is InChI=1S/C18H24N4O5/c1-5-8-27-15-7-6-14(9-16(15)26-4)10-19-17(23)11-21-13(3)18(22(24)25)12(2)20-21/h6-7,9H,5,8,10-11H2,1-4H3,(H,19,23). The van der Waals surface area contributed by atoms with E-state index in [1.165, 1.54) is 4.68 Å². The van der Waals surface area contributed by atoms with Gasteiger partial charge in [-0.25, -0.2) is 0 Å². The Morgan fingerprint density at radius 3 is 2.67 bits per heavy atom. The van der Waals surface area contributed by atoms with Crippen LogP contribution in [0, 0.1) is 24.0 Å². The molecular weight excluding hydrogens is 352 g/mol. The topological polar surface area (TPSA) is 109 Å². The number of nitro groups is 1. The average molecular weight is 376 g/mol. The van der Waals surface area contributed by atoms with Gasteiger partial charge >= 0.3 is 5.69 Å². The lowest BCUT2D eigenvalue weighted by atomic mass is 10.2. The summed E-state index contributed by atoms with van der Waals surface area (Å²) in [6.45, 7) is 5.95. The van der Waals surface area contributed by atoms with E-state index in [0.29, 0.717) is 30.3 Å². The van der Waals surface area contributed by atoms with Gasteiger partial charge < -0.3 is 14.8 Å². The van der Waals surface area contributed by atoms with Gasteiger partial charge in [0.1, 0.15) is 17.9 Å². The van der Waals surface area contributed by atoms with Crippen LogP contribution in [-0.2, 0) is 17.9 Å². The SMILES string of the molecule is CCCOc1ccc(CNC(=O)Cn2nc(C)c([N+](=O)[O-])c2C)cc1OC. The third-order valence-electron chi connectivity index (χ3n) is 4.00. The van der Waals surface area contributed by atoms with E-state index >= 15 is 0 Å². The highest BCUT2D eigenvalue weighted by Crippen LogP contribution is 2.28. The summed E-state index contributed by atoms with van der Waals surface area (Å²) < 4.78 is 12.3. The van der Waals surface area contributed by atoms with Gasteiger partial charge in [-0.15, -0.1) is 0 Å². The zero-order chi connectivity index (χ0) is 20.0. The fraction of sp³-hybridized carbons (Fsp3) is 0.444. The Kier molecular flexibility index (Phi) is 6.75. The van der Waals surface area contributed by atoms with Crippen molar-refractivity contribution in [2.24, 2.45) is 0 Å². The largest absolute Gasteiger partial charge is 0.493 e. The Morgan fingerprint density at radius 1 is 1.33 bits per heavy atom. The first-order valence-corrected chi connectivity index (χ1v) is 8.62. The minimum Gasteiger partial charge on any atom is -0.493 e. The molecule has 1 aromatic heterocycles. The average Bonchev–Trinajstić information content (AvgIpc) is 2.91. The van der Waals surface area contributed by atoms with Gasteiger partial charge in [-0.3, -0.25) is 19.6 Å². The van der Waals surface area contributed by atoms with Crippen molar-refractivity contribution in [1.82, 2.24) is 15.1 Å². The van der Waals surface area contributed by atoms with Crippen molar-refractivity contribution in [3.8, 4) is 11.5 Å². The van der Waals surface area contributed by atoms with Crippen LogP contribution in [0.25, 0.3) is 0 Å². The number of rotatable bonds is 9. The summed E-state index contributed by atoms with van der Waals surface area (Å²) in [6.07, 6.45) is 0.894. The van der Waals surface area contributed by atoms with Crippen LogP contribution in [-0.4, -0.2) is 34.3 Å². The molecule has 2 rings (SSSR count). The van der Waals surface area contributed by atoms with Gasteiger partial charge in [0.15, 0.2) is 11.5 Å². The van der Waals surface area contributed by atoms with Crippen LogP contribution in [0.2, 0.25) is 0 Å². The number of hydrogen-bond donors (Lipinski definition) is 1. The lowest BCUT2D eigenvalue weighted by molar-refractivity contribution is -0.386. The number of nitrogens with one attached hydrogen (secondary N) is 1. The number of hydrogen-bond acceptors (Lipinski definition) is 6. The van der Waals surface area contributed by atoms with E-state index < -0.39 is 4.92 Å². The highest BCUT2D eigenvalue weighted by atomic mass is 16.6. The maximum Gasteiger partial charge on any atom is 0.312 e. The van der Waals surface area contributed by atoms with Crippen molar-refractivity contribution < 1.29 is 19.2 Å². The highest BCUT2D eigenvalue weighted by Gasteiger charge is 2.22. The number of aryl methyl sites for hydroxylation is 1. The molecule has 0 aliphatic carbocycles. The van der Waals surface area contributed by atoms with Crippen LogP contribution < -0.4 is 14.8 Å². The highest BCUT2D eigenvalue weighted by molar-refractivity contribution is 5.75. The molecule has 0 saturated carbocycles. The summed E-state index contributed by atoms with van der Waals surface area (Å²) in [5, 5.41) is 17.9. The van der Waals surface area contributed by atoms with Crippen LogP contribution in [0.5, 0.6) is 11.5 Å². The van der Waals surface area contributed by atoms with Gasteiger partial charge in [0, 0.05) is 6.54 Å². The smallest absolute Gasteiger partial charge is 0.312 e. The normalized spacial score (nSPS) is 10.5. The fourth-order valence-electron chi connectivity index (χ4n) is 2.65. The second kappa shape index (κ2) is 9.02. The van der Waals surface area contributed by atoms with Gasteiger partial charge in [-0.2, -0.15) is 5.10 Å². The molecule has 0 bridgehead atoms. The van der Waals surface area contributed by atoms with Gasteiger partial charge in [-0.05, 0) is 38.0 Å². The monoisotopic (exact) mass is 376 g/mol. The van der Waals surface area contributed by atoms with E-state index in [1.54, 1.807) is 33.1 Å². The Bertz CT molecular complexity index is 831. The van der Waals surface area contributed by atoms with E-state index in [4.69, 9.17) is 9.47 Å². The Labute approximate surface area is 157 Å². The molecule has 27 heavy (non-hydrogen) atoms. The van der Waals surface area contributed by atoms with Gasteiger partial charge in [-0.1, -0.05) is 13.0 Å². The molecule has 0 spiro atoms. The molecule has 0 aliphatic heterocycles. The molecular formula is C18H24N4O5. The van der Waals surface area contributed by atoms with E-state index in [1.807, 2.05) is 13.0 Å². The molecule has 2 aromatic rings. The third-order valence-corrected chi connectivity index (χ3v) is 4.00. The zero-order valence-electron chi connectivity index (χ0n) is 15.9. The predicted molar refractivity (Wildman–Crippen MR) is 99.0 cm³/mol. The van der Waals surface area contributed by atoms with E-state index in [2.05, 4.69) is 10.4 Å². The van der Waals surface area contributed by atoms with Crippen molar-refractivity contribution >= 4 is 11.6 Å². The Balaban J connectivity index is 2.00. The summed E-state index contributed by atoms with van der Waals surface area (Å²) in [5.41, 5.74) is 1.43. The van der Waals surface area contributed by atoms with Gasteiger partial charge in [0.05, 0.1) is 18.6 Å². The quantitative estimate of drug-likeness (QED) is 0.532. The van der Waals surface area contributed by atoms with E-state index in [9.17, 15) is 14.9 Å². The van der Waals surface area contributed by atoms with Crippen molar-refractivity contribution in [2.75, 3.05) is 13.7 Å². The number of methoxy groups -OCH3 is 1. The number of amides is 1. The molecule has 0 aliphatic rings. The molecule has 0 saturated heterocycles. The van der Waals surface area contributed by atoms with Crippen LogP contribution in [0.3, 0.4) is 0 Å². The molecule has 1 aromatic carbocycles. The van der Waals surface area contributed by atoms with Crippen LogP contribution in [0.1, 0.15) is 30.3 Å². The lowest BCUT2D eigenvalue weighted by Gasteiger charge is -2.12. The molecule has 146 valence electrons. The number of aromatic nitrogens is 2. The molecule has 9 nitrogen and oxygen atoms in total. The molecule has 1 heterocycles. The summed E-state index contributed by atoms with van der Waals surface area (Å²) in [6, 6.07) is 5.46. The Hall–Kier alpha value is -3.10. The van der Waals surface area contributed by atoms with E-state index in [-0.39, 0.29) is 23.8 Å². The number of ether oxygens (including phenoxy) is 2. The maximum atomic E-state index is 12.2. The predicted octanol–water partition coefficient (Wildman–Crippen LogP) is 2.52.